The van der Waals surface area contributed by atoms with E-state index in [4.69, 9.17) is 9.15 Å². The summed E-state index contributed by atoms with van der Waals surface area (Å²) in [4.78, 5) is 8.43. The lowest BCUT2D eigenvalue weighted by molar-refractivity contribution is 0.205. The molecule has 1 aliphatic heterocycles. The van der Waals surface area contributed by atoms with Gasteiger partial charge < -0.3 is 14.3 Å². The van der Waals surface area contributed by atoms with E-state index < -0.39 is 0 Å². The first-order valence-corrected chi connectivity index (χ1v) is 11.6. The van der Waals surface area contributed by atoms with Crippen LogP contribution in [-0.4, -0.2) is 38.3 Å². The van der Waals surface area contributed by atoms with Crippen molar-refractivity contribution < 1.29 is 14.3 Å². The van der Waals surface area contributed by atoms with Crippen molar-refractivity contribution in [2.45, 2.75) is 19.0 Å². The molecule has 1 unspecified atom stereocenters. The number of methoxy groups -OCH3 is 1. The van der Waals surface area contributed by atoms with Gasteiger partial charge in [0.25, 0.3) is 0 Å². The molecule has 33 heavy (non-hydrogen) atoms. The molecule has 5 aromatic rings. The summed E-state index contributed by atoms with van der Waals surface area (Å²) in [5.74, 6) is 1.92. The van der Waals surface area contributed by atoms with Gasteiger partial charge in [0.1, 0.15) is 5.75 Å². The lowest BCUT2D eigenvalue weighted by Gasteiger charge is -2.35. The molecule has 0 amide bonds. The van der Waals surface area contributed by atoms with Crippen LogP contribution in [0.25, 0.3) is 16.5 Å². The van der Waals surface area contributed by atoms with E-state index in [-0.39, 0.29) is 11.9 Å². The number of benzene rings is 2. The number of hydrogen-bond donors (Lipinski definition) is 1. The molecule has 0 spiro atoms. The maximum absolute atomic E-state index is 11.3. The van der Waals surface area contributed by atoms with E-state index in [2.05, 4.69) is 45.3 Å². The Morgan fingerprint density at radius 3 is 2.76 bits per heavy atom. The molecule has 2 aromatic carbocycles. The molecule has 0 fully saturated rings. The predicted molar refractivity (Wildman–Crippen MR) is 126 cm³/mol. The molecule has 166 valence electrons. The number of nitrogens with zero attached hydrogens (tertiary/aromatic N) is 4. The molecule has 6 rings (SSSR count). The number of hydrogen-bond acceptors (Lipinski definition) is 7. The van der Waals surface area contributed by atoms with E-state index in [1.54, 1.807) is 19.4 Å². The lowest BCUT2D eigenvalue weighted by atomic mass is 9.95. The van der Waals surface area contributed by atoms with Crippen molar-refractivity contribution in [1.82, 2.24) is 19.5 Å². The van der Waals surface area contributed by atoms with Gasteiger partial charge >= 0.3 is 0 Å². The molecule has 0 aliphatic carbocycles. The van der Waals surface area contributed by atoms with Crippen molar-refractivity contribution in [3.05, 3.63) is 88.5 Å². The first-order valence-electron chi connectivity index (χ1n) is 10.8. The summed E-state index contributed by atoms with van der Waals surface area (Å²) in [6, 6.07) is 20.0. The fourth-order valence-electron chi connectivity index (χ4n) is 4.52. The molecular weight excluding hydrogens is 436 g/mol. The molecule has 1 N–H and O–H groups in total. The SMILES string of the molecule is COc1cccc(C(c2sc3nc(-c4ccco4)nn3c2O)N2CCc3ccccc3C2)c1. The summed E-state index contributed by atoms with van der Waals surface area (Å²) in [6.45, 7) is 1.67. The monoisotopic (exact) mass is 458 g/mol. The Labute approximate surface area is 194 Å². The second kappa shape index (κ2) is 8.06. The molecular formula is C25H22N4O3S. The van der Waals surface area contributed by atoms with Crippen LogP contribution < -0.4 is 4.74 Å². The molecule has 7 nitrogen and oxygen atoms in total. The first kappa shape index (κ1) is 20.0. The van der Waals surface area contributed by atoms with Gasteiger partial charge in [0.2, 0.25) is 16.7 Å². The van der Waals surface area contributed by atoms with E-state index >= 15 is 0 Å². The van der Waals surface area contributed by atoms with E-state index in [9.17, 15) is 5.11 Å². The smallest absolute Gasteiger partial charge is 0.230 e. The normalized spacial score (nSPS) is 14.9. The maximum atomic E-state index is 11.3. The van der Waals surface area contributed by atoms with Gasteiger partial charge in [0.05, 0.1) is 24.3 Å². The van der Waals surface area contributed by atoms with E-state index in [1.165, 1.54) is 27.0 Å². The molecule has 0 bridgehead atoms. The average Bonchev–Trinajstić information content (AvgIpc) is 3.58. The summed E-state index contributed by atoms with van der Waals surface area (Å²) >= 11 is 1.45. The standard InChI is InChI=1S/C25H22N4O3S/c1-31-19-9-4-8-17(14-19)21(28-12-11-16-6-2-3-7-18(16)15-28)22-24(30)29-25(33-22)26-23(27-29)20-10-5-13-32-20/h2-10,13-14,21,30H,11-12,15H2,1H3. The average molecular weight is 459 g/mol. The van der Waals surface area contributed by atoms with Crippen LogP contribution in [0.5, 0.6) is 11.6 Å². The number of thiazole rings is 1. The van der Waals surface area contributed by atoms with Gasteiger partial charge in [0.15, 0.2) is 5.76 Å². The van der Waals surface area contributed by atoms with Gasteiger partial charge in [-0.15, -0.1) is 5.10 Å². The van der Waals surface area contributed by atoms with Crippen molar-refractivity contribution >= 4 is 16.3 Å². The lowest BCUT2D eigenvalue weighted by Crippen LogP contribution is -2.34. The number of aromatic nitrogens is 3. The molecule has 3 aromatic heterocycles. The predicted octanol–water partition coefficient (Wildman–Crippen LogP) is 4.91. The van der Waals surface area contributed by atoms with Crippen molar-refractivity contribution in [2.75, 3.05) is 13.7 Å². The number of aromatic hydroxyl groups is 1. The Balaban J connectivity index is 1.45. The zero-order valence-corrected chi connectivity index (χ0v) is 18.8. The van der Waals surface area contributed by atoms with E-state index in [0.29, 0.717) is 16.5 Å². The van der Waals surface area contributed by atoms with Gasteiger partial charge in [-0.05, 0) is 47.4 Å². The van der Waals surface area contributed by atoms with Crippen LogP contribution >= 0.6 is 11.3 Å². The van der Waals surface area contributed by atoms with E-state index in [0.717, 1.165) is 35.7 Å². The Kier molecular flexibility index (Phi) is 4.89. The van der Waals surface area contributed by atoms with Crippen LogP contribution in [-0.2, 0) is 13.0 Å². The van der Waals surface area contributed by atoms with E-state index in [1.807, 2.05) is 24.3 Å². The highest BCUT2D eigenvalue weighted by Gasteiger charge is 2.32. The first-order chi connectivity index (χ1) is 16.2. The van der Waals surface area contributed by atoms with Gasteiger partial charge in [0, 0.05) is 13.1 Å². The molecule has 0 radical (unpaired) electrons. The van der Waals surface area contributed by atoms with Crippen LogP contribution in [0.15, 0.2) is 71.3 Å². The summed E-state index contributed by atoms with van der Waals surface area (Å²) in [5.41, 5.74) is 3.75. The third-order valence-corrected chi connectivity index (χ3v) is 7.20. The third kappa shape index (κ3) is 3.48. The highest BCUT2D eigenvalue weighted by Crippen LogP contribution is 2.42. The fraction of sp³-hybridized carbons (Fsp3) is 0.200. The molecule has 1 atom stereocenters. The molecule has 0 saturated heterocycles. The van der Waals surface area contributed by atoms with Crippen LogP contribution in [0, 0.1) is 0 Å². The summed E-state index contributed by atoms with van der Waals surface area (Å²) in [7, 11) is 1.67. The Bertz CT molecular complexity index is 1420. The van der Waals surface area contributed by atoms with Crippen LogP contribution in [0.2, 0.25) is 0 Å². The van der Waals surface area contributed by atoms with Gasteiger partial charge in [-0.2, -0.15) is 9.50 Å². The van der Waals surface area contributed by atoms with Crippen molar-refractivity contribution in [3.8, 4) is 23.2 Å². The third-order valence-electron chi connectivity index (χ3n) is 6.12. The minimum Gasteiger partial charge on any atom is -0.497 e. The molecule has 4 heterocycles. The molecule has 8 heteroatoms. The number of ether oxygens (including phenoxy) is 1. The maximum Gasteiger partial charge on any atom is 0.230 e. The minimum atomic E-state index is -0.158. The molecule has 1 aliphatic rings. The highest BCUT2D eigenvalue weighted by atomic mass is 32.1. The van der Waals surface area contributed by atoms with Crippen molar-refractivity contribution in [2.24, 2.45) is 0 Å². The quantitative estimate of drug-likeness (QED) is 0.403. The molecule has 0 saturated carbocycles. The van der Waals surface area contributed by atoms with Crippen LogP contribution in [0.1, 0.15) is 27.6 Å². The van der Waals surface area contributed by atoms with Crippen molar-refractivity contribution in [1.29, 1.82) is 0 Å². The largest absolute Gasteiger partial charge is 0.497 e. The van der Waals surface area contributed by atoms with Crippen molar-refractivity contribution in [3.63, 3.8) is 0 Å². The second-order valence-corrected chi connectivity index (χ2v) is 9.07. The summed E-state index contributed by atoms with van der Waals surface area (Å²) < 4.78 is 12.4. The number of fused-ring (bicyclic) bond motifs is 2. The van der Waals surface area contributed by atoms with Gasteiger partial charge in [-0.25, -0.2) is 0 Å². The van der Waals surface area contributed by atoms with Crippen LogP contribution in [0.3, 0.4) is 0 Å². The van der Waals surface area contributed by atoms with Gasteiger partial charge in [-0.1, -0.05) is 47.7 Å². The Morgan fingerprint density at radius 1 is 1.09 bits per heavy atom. The van der Waals surface area contributed by atoms with Crippen LogP contribution in [0.4, 0.5) is 0 Å². The summed E-state index contributed by atoms with van der Waals surface area (Å²) in [5, 5.41) is 15.8. The summed E-state index contributed by atoms with van der Waals surface area (Å²) in [6.07, 6.45) is 2.55. The minimum absolute atomic E-state index is 0.104. The van der Waals surface area contributed by atoms with Gasteiger partial charge in [-0.3, -0.25) is 4.90 Å². The zero-order valence-electron chi connectivity index (χ0n) is 18.0. The Morgan fingerprint density at radius 2 is 1.97 bits per heavy atom. The Hall–Kier alpha value is -3.62. The zero-order chi connectivity index (χ0) is 22.4. The number of furan rings is 1. The topological polar surface area (TPSA) is 76.0 Å². The highest BCUT2D eigenvalue weighted by molar-refractivity contribution is 7.17. The second-order valence-electron chi connectivity index (χ2n) is 8.07. The fourth-order valence-corrected chi connectivity index (χ4v) is 5.63. The number of rotatable bonds is 5.